The summed E-state index contributed by atoms with van der Waals surface area (Å²) in [6.07, 6.45) is 3.92. The van der Waals surface area contributed by atoms with Gasteiger partial charge in [0, 0.05) is 24.3 Å². The Morgan fingerprint density at radius 2 is 1.67 bits per heavy atom. The third-order valence-electron chi connectivity index (χ3n) is 4.92. The number of nitrogens with zero attached hydrogens (tertiary/aromatic N) is 1. The van der Waals surface area contributed by atoms with Crippen LogP contribution in [0, 0.1) is 13.8 Å². The van der Waals surface area contributed by atoms with Crippen molar-refractivity contribution in [2.45, 2.75) is 44.4 Å². The standard InChI is InChI=1S/C21H26N2O3S/c1-16-10-11-20(17(2)14-16)21(24)22-18-8-7-9-19(15-18)27(25,26)23-12-5-3-4-6-13-23/h7-11,14-15H,3-6,12-13H2,1-2H3,(H,22,24). The van der Waals surface area contributed by atoms with E-state index < -0.39 is 10.0 Å². The van der Waals surface area contributed by atoms with Gasteiger partial charge in [-0.15, -0.1) is 0 Å². The van der Waals surface area contributed by atoms with E-state index in [1.54, 1.807) is 34.6 Å². The third-order valence-corrected chi connectivity index (χ3v) is 6.82. The van der Waals surface area contributed by atoms with Gasteiger partial charge < -0.3 is 5.32 Å². The molecule has 1 aliphatic rings. The lowest BCUT2D eigenvalue weighted by atomic mass is 10.1. The number of nitrogens with one attached hydrogen (secondary N) is 1. The van der Waals surface area contributed by atoms with Crippen LogP contribution in [0.3, 0.4) is 0 Å². The summed E-state index contributed by atoms with van der Waals surface area (Å²) in [5.74, 6) is -0.239. The Labute approximate surface area is 161 Å². The minimum absolute atomic E-state index is 0.225. The molecule has 2 aromatic carbocycles. The summed E-state index contributed by atoms with van der Waals surface area (Å²) in [6.45, 7) is 4.98. The number of carbonyl (C=O) groups is 1. The molecule has 5 nitrogen and oxygen atoms in total. The predicted molar refractivity (Wildman–Crippen MR) is 108 cm³/mol. The Morgan fingerprint density at radius 3 is 2.33 bits per heavy atom. The van der Waals surface area contributed by atoms with E-state index in [0.717, 1.165) is 36.8 Å². The fraction of sp³-hybridized carbons (Fsp3) is 0.381. The second-order valence-electron chi connectivity index (χ2n) is 7.12. The molecule has 1 saturated heterocycles. The third kappa shape index (κ3) is 4.57. The van der Waals surface area contributed by atoms with Crippen LogP contribution in [-0.2, 0) is 10.0 Å². The zero-order valence-corrected chi connectivity index (χ0v) is 16.7. The maximum Gasteiger partial charge on any atom is 0.255 e. The second kappa shape index (κ2) is 8.23. The van der Waals surface area contributed by atoms with Crippen molar-refractivity contribution >= 4 is 21.6 Å². The molecule has 0 radical (unpaired) electrons. The maximum atomic E-state index is 13.0. The smallest absolute Gasteiger partial charge is 0.255 e. The zero-order chi connectivity index (χ0) is 19.4. The highest BCUT2D eigenvalue weighted by atomic mass is 32.2. The van der Waals surface area contributed by atoms with Gasteiger partial charge in [-0.25, -0.2) is 8.42 Å². The Balaban J connectivity index is 1.81. The van der Waals surface area contributed by atoms with Crippen LogP contribution in [0.15, 0.2) is 47.4 Å². The minimum atomic E-state index is -3.54. The Bertz CT molecular complexity index is 930. The highest BCUT2D eigenvalue weighted by Crippen LogP contribution is 2.23. The van der Waals surface area contributed by atoms with Crippen molar-refractivity contribution in [2.75, 3.05) is 18.4 Å². The van der Waals surface area contributed by atoms with Crippen LogP contribution in [0.1, 0.15) is 47.2 Å². The van der Waals surface area contributed by atoms with Crippen molar-refractivity contribution in [3.63, 3.8) is 0 Å². The fourth-order valence-corrected chi connectivity index (χ4v) is 5.00. The van der Waals surface area contributed by atoms with Gasteiger partial charge in [0.2, 0.25) is 10.0 Å². The first-order valence-corrected chi connectivity index (χ1v) is 10.8. The van der Waals surface area contributed by atoms with E-state index >= 15 is 0 Å². The molecule has 1 heterocycles. The van der Waals surface area contributed by atoms with Gasteiger partial charge in [0.15, 0.2) is 0 Å². The second-order valence-corrected chi connectivity index (χ2v) is 9.06. The van der Waals surface area contributed by atoms with E-state index in [2.05, 4.69) is 5.32 Å². The van der Waals surface area contributed by atoms with Gasteiger partial charge in [0.25, 0.3) is 5.91 Å². The van der Waals surface area contributed by atoms with E-state index in [4.69, 9.17) is 0 Å². The fourth-order valence-electron chi connectivity index (χ4n) is 3.43. The molecule has 1 aliphatic heterocycles. The molecule has 0 aromatic heterocycles. The molecule has 0 atom stereocenters. The van der Waals surface area contributed by atoms with Gasteiger partial charge >= 0.3 is 0 Å². The average Bonchev–Trinajstić information content (AvgIpc) is 2.92. The molecule has 0 spiro atoms. The molecular weight excluding hydrogens is 360 g/mol. The molecule has 0 aliphatic carbocycles. The first-order chi connectivity index (χ1) is 12.9. The first-order valence-electron chi connectivity index (χ1n) is 9.37. The Hall–Kier alpha value is -2.18. The molecule has 0 unspecified atom stereocenters. The number of aryl methyl sites for hydroxylation is 2. The maximum absolute atomic E-state index is 13.0. The molecule has 0 bridgehead atoms. The van der Waals surface area contributed by atoms with E-state index in [9.17, 15) is 13.2 Å². The van der Waals surface area contributed by atoms with Crippen molar-refractivity contribution in [1.29, 1.82) is 0 Å². The van der Waals surface area contributed by atoms with Gasteiger partial charge in [0.05, 0.1) is 4.90 Å². The molecule has 1 amide bonds. The van der Waals surface area contributed by atoms with Gasteiger partial charge in [-0.2, -0.15) is 4.31 Å². The summed E-state index contributed by atoms with van der Waals surface area (Å²) in [4.78, 5) is 12.8. The number of benzene rings is 2. The summed E-state index contributed by atoms with van der Waals surface area (Å²) in [7, 11) is -3.54. The van der Waals surface area contributed by atoms with Crippen molar-refractivity contribution in [3.05, 3.63) is 59.2 Å². The largest absolute Gasteiger partial charge is 0.322 e. The molecule has 2 aromatic rings. The normalized spacial score (nSPS) is 15.9. The molecule has 6 heteroatoms. The number of anilines is 1. The molecule has 1 fully saturated rings. The summed E-state index contributed by atoms with van der Waals surface area (Å²) >= 11 is 0. The topological polar surface area (TPSA) is 66.5 Å². The van der Waals surface area contributed by atoms with Crippen LogP contribution in [0.25, 0.3) is 0 Å². The predicted octanol–water partition coefficient (Wildman–Crippen LogP) is 4.12. The molecule has 0 saturated carbocycles. The van der Waals surface area contributed by atoms with Crippen molar-refractivity contribution in [1.82, 2.24) is 4.31 Å². The summed E-state index contributed by atoms with van der Waals surface area (Å²) < 4.78 is 27.5. The van der Waals surface area contributed by atoms with Crippen molar-refractivity contribution in [3.8, 4) is 0 Å². The van der Waals surface area contributed by atoms with Crippen LogP contribution >= 0.6 is 0 Å². The molecule has 144 valence electrons. The van der Waals surface area contributed by atoms with Crippen LogP contribution in [0.5, 0.6) is 0 Å². The lowest BCUT2D eigenvalue weighted by Crippen LogP contribution is -2.32. The molecule has 1 N–H and O–H groups in total. The first kappa shape index (κ1) is 19.6. The van der Waals surface area contributed by atoms with E-state index in [0.29, 0.717) is 24.3 Å². The number of rotatable bonds is 4. The van der Waals surface area contributed by atoms with Gasteiger partial charge in [-0.05, 0) is 56.5 Å². The summed E-state index contributed by atoms with van der Waals surface area (Å²) in [6, 6.07) is 12.1. The molecule has 27 heavy (non-hydrogen) atoms. The number of hydrogen-bond acceptors (Lipinski definition) is 3. The van der Waals surface area contributed by atoms with Gasteiger partial charge in [-0.3, -0.25) is 4.79 Å². The number of carbonyl (C=O) groups excluding carboxylic acids is 1. The van der Waals surface area contributed by atoms with Crippen LogP contribution in [-0.4, -0.2) is 31.7 Å². The van der Waals surface area contributed by atoms with Crippen molar-refractivity contribution in [2.24, 2.45) is 0 Å². The van der Waals surface area contributed by atoms with Crippen LogP contribution < -0.4 is 5.32 Å². The lowest BCUT2D eigenvalue weighted by Gasteiger charge is -2.20. The van der Waals surface area contributed by atoms with Gasteiger partial charge in [-0.1, -0.05) is 36.6 Å². The zero-order valence-electron chi connectivity index (χ0n) is 15.9. The quantitative estimate of drug-likeness (QED) is 0.859. The molecule has 3 rings (SSSR count). The SMILES string of the molecule is Cc1ccc(C(=O)Nc2cccc(S(=O)(=O)N3CCCCCC3)c2)c(C)c1. The average molecular weight is 387 g/mol. The minimum Gasteiger partial charge on any atom is -0.322 e. The Morgan fingerprint density at radius 1 is 0.963 bits per heavy atom. The van der Waals surface area contributed by atoms with E-state index in [1.165, 1.54) is 0 Å². The van der Waals surface area contributed by atoms with E-state index in [1.807, 2.05) is 26.0 Å². The number of hydrogen-bond donors (Lipinski definition) is 1. The summed E-state index contributed by atoms with van der Waals surface area (Å²) in [5, 5.41) is 2.82. The molecular formula is C21H26N2O3S. The van der Waals surface area contributed by atoms with Crippen LogP contribution in [0.2, 0.25) is 0 Å². The lowest BCUT2D eigenvalue weighted by molar-refractivity contribution is 0.102. The highest BCUT2D eigenvalue weighted by molar-refractivity contribution is 7.89. The van der Waals surface area contributed by atoms with E-state index in [-0.39, 0.29) is 10.8 Å². The van der Waals surface area contributed by atoms with Crippen molar-refractivity contribution < 1.29 is 13.2 Å². The Kier molecular flexibility index (Phi) is 5.97. The monoisotopic (exact) mass is 386 g/mol. The van der Waals surface area contributed by atoms with Crippen LogP contribution in [0.4, 0.5) is 5.69 Å². The number of sulfonamides is 1. The highest BCUT2D eigenvalue weighted by Gasteiger charge is 2.25. The summed E-state index contributed by atoms with van der Waals surface area (Å²) in [5.41, 5.74) is 3.05. The number of amides is 1. The van der Waals surface area contributed by atoms with Gasteiger partial charge in [0.1, 0.15) is 0 Å².